The van der Waals surface area contributed by atoms with Gasteiger partial charge in [-0.05, 0) is 18.6 Å². The Morgan fingerprint density at radius 3 is 3.06 bits per heavy atom. The van der Waals surface area contributed by atoms with Crippen molar-refractivity contribution < 1.29 is 0 Å². The van der Waals surface area contributed by atoms with Gasteiger partial charge in [0.2, 0.25) is 0 Å². The molecule has 0 spiro atoms. The molecule has 2 N–H and O–H groups in total. The van der Waals surface area contributed by atoms with Crippen molar-refractivity contribution in [1.29, 1.82) is 0 Å². The quantitative estimate of drug-likeness (QED) is 0.629. The highest BCUT2D eigenvalue weighted by atomic mass is 14.9. The Kier molecular flexibility index (Phi) is 3.15. The van der Waals surface area contributed by atoms with Crippen molar-refractivity contribution in [2.75, 3.05) is 0 Å². The standard InChI is InChI=1S/C13H15N3/c1-2-4-13(14)16-12-6-3-5-10-9-15-8-7-11(10)12/h3,5-9H,2,4H2,1H3,(H2,14,16). The van der Waals surface area contributed by atoms with Crippen LogP contribution in [0.1, 0.15) is 19.8 Å². The van der Waals surface area contributed by atoms with Gasteiger partial charge in [-0.1, -0.05) is 19.1 Å². The van der Waals surface area contributed by atoms with E-state index in [0.717, 1.165) is 29.3 Å². The van der Waals surface area contributed by atoms with Crippen LogP contribution in [0.2, 0.25) is 0 Å². The van der Waals surface area contributed by atoms with Gasteiger partial charge in [-0.3, -0.25) is 4.98 Å². The normalized spacial score (nSPS) is 11.9. The van der Waals surface area contributed by atoms with Crippen LogP contribution in [-0.2, 0) is 0 Å². The zero-order valence-electron chi connectivity index (χ0n) is 9.35. The van der Waals surface area contributed by atoms with Gasteiger partial charge < -0.3 is 5.73 Å². The maximum absolute atomic E-state index is 5.84. The van der Waals surface area contributed by atoms with E-state index in [-0.39, 0.29) is 0 Å². The fourth-order valence-electron chi connectivity index (χ4n) is 1.67. The molecule has 2 rings (SSSR count). The number of aliphatic imine (C=N–C) groups is 1. The maximum atomic E-state index is 5.84. The third-order valence-electron chi connectivity index (χ3n) is 2.43. The van der Waals surface area contributed by atoms with Crippen molar-refractivity contribution in [3.63, 3.8) is 0 Å². The minimum Gasteiger partial charge on any atom is -0.387 e. The number of nitrogens with two attached hydrogens (primary N) is 1. The number of nitrogens with zero attached hydrogens (tertiary/aromatic N) is 2. The minimum atomic E-state index is 0.687. The first kappa shape index (κ1) is 10.6. The molecule has 82 valence electrons. The summed E-state index contributed by atoms with van der Waals surface area (Å²) < 4.78 is 0. The summed E-state index contributed by atoms with van der Waals surface area (Å²) >= 11 is 0. The van der Waals surface area contributed by atoms with E-state index >= 15 is 0 Å². The lowest BCUT2D eigenvalue weighted by Crippen LogP contribution is -2.09. The molecule has 0 bridgehead atoms. The van der Waals surface area contributed by atoms with E-state index in [9.17, 15) is 0 Å². The molecular formula is C13H15N3. The summed E-state index contributed by atoms with van der Waals surface area (Å²) in [4.78, 5) is 8.53. The van der Waals surface area contributed by atoms with E-state index in [2.05, 4.69) is 16.9 Å². The number of hydrogen-bond donors (Lipinski definition) is 1. The molecule has 0 radical (unpaired) electrons. The molecular weight excluding hydrogens is 198 g/mol. The van der Waals surface area contributed by atoms with Gasteiger partial charge >= 0.3 is 0 Å². The van der Waals surface area contributed by atoms with Gasteiger partial charge in [0.15, 0.2) is 0 Å². The van der Waals surface area contributed by atoms with Crippen LogP contribution in [0.5, 0.6) is 0 Å². The lowest BCUT2D eigenvalue weighted by Gasteiger charge is -2.02. The fraction of sp³-hybridized carbons (Fsp3) is 0.231. The number of benzene rings is 1. The van der Waals surface area contributed by atoms with E-state index in [4.69, 9.17) is 5.73 Å². The third-order valence-corrected chi connectivity index (χ3v) is 2.43. The van der Waals surface area contributed by atoms with Crippen LogP contribution in [0.4, 0.5) is 5.69 Å². The van der Waals surface area contributed by atoms with E-state index in [0.29, 0.717) is 5.84 Å². The average Bonchev–Trinajstić information content (AvgIpc) is 2.30. The lowest BCUT2D eigenvalue weighted by atomic mass is 10.1. The van der Waals surface area contributed by atoms with Crippen molar-refractivity contribution in [2.45, 2.75) is 19.8 Å². The SMILES string of the molecule is CCCC(N)=Nc1cccc2cnccc12. The highest BCUT2D eigenvalue weighted by Crippen LogP contribution is 2.24. The molecule has 16 heavy (non-hydrogen) atoms. The summed E-state index contributed by atoms with van der Waals surface area (Å²) in [6.07, 6.45) is 5.46. The van der Waals surface area contributed by atoms with Crippen LogP contribution in [0, 0.1) is 0 Å². The second-order valence-corrected chi connectivity index (χ2v) is 3.73. The third kappa shape index (κ3) is 2.19. The summed E-state index contributed by atoms with van der Waals surface area (Å²) in [5.41, 5.74) is 6.76. The Balaban J connectivity index is 2.48. The van der Waals surface area contributed by atoms with Crippen LogP contribution in [0.15, 0.2) is 41.7 Å². The molecule has 0 saturated carbocycles. The van der Waals surface area contributed by atoms with Crippen LogP contribution >= 0.6 is 0 Å². The summed E-state index contributed by atoms with van der Waals surface area (Å²) in [6, 6.07) is 7.94. The summed E-state index contributed by atoms with van der Waals surface area (Å²) in [5, 5.41) is 2.18. The van der Waals surface area contributed by atoms with Gasteiger partial charge in [0, 0.05) is 29.6 Å². The molecule has 0 aliphatic heterocycles. The number of fused-ring (bicyclic) bond motifs is 1. The first-order valence-corrected chi connectivity index (χ1v) is 5.47. The minimum absolute atomic E-state index is 0.687. The number of aromatic nitrogens is 1. The summed E-state index contributed by atoms with van der Waals surface area (Å²) in [5.74, 6) is 0.687. The number of amidine groups is 1. The van der Waals surface area contributed by atoms with Crippen molar-refractivity contribution in [2.24, 2.45) is 10.7 Å². The molecule has 0 fully saturated rings. The van der Waals surface area contributed by atoms with Crippen molar-refractivity contribution in [3.8, 4) is 0 Å². The fourth-order valence-corrected chi connectivity index (χ4v) is 1.67. The first-order chi connectivity index (χ1) is 7.81. The summed E-state index contributed by atoms with van der Waals surface area (Å²) in [6.45, 7) is 2.09. The molecule has 0 aliphatic rings. The Labute approximate surface area is 95.0 Å². The lowest BCUT2D eigenvalue weighted by molar-refractivity contribution is 0.983. The topological polar surface area (TPSA) is 51.3 Å². The number of hydrogen-bond acceptors (Lipinski definition) is 2. The number of pyridine rings is 1. The largest absolute Gasteiger partial charge is 0.387 e. The van der Waals surface area contributed by atoms with E-state index in [1.54, 1.807) is 6.20 Å². The molecule has 0 unspecified atom stereocenters. The van der Waals surface area contributed by atoms with Gasteiger partial charge in [-0.25, -0.2) is 4.99 Å². The maximum Gasteiger partial charge on any atom is 0.0996 e. The highest BCUT2D eigenvalue weighted by molar-refractivity contribution is 5.95. The molecule has 0 aliphatic carbocycles. The van der Waals surface area contributed by atoms with E-state index in [1.165, 1.54) is 0 Å². The molecule has 1 heterocycles. The monoisotopic (exact) mass is 213 g/mol. The zero-order chi connectivity index (χ0) is 11.4. The van der Waals surface area contributed by atoms with Gasteiger partial charge in [0.25, 0.3) is 0 Å². The second-order valence-electron chi connectivity index (χ2n) is 3.73. The van der Waals surface area contributed by atoms with Crippen molar-refractivity contribution in [3.05, 3.63) is 36.7 Å². The van der Waals surface area contributed by atoms with E-state index in [1.807, 2.05) is 30.5 Å². The first-order valence-electron chi connectivity index (χ1n) is 5.47. The van der Waals surface area contributed by atoms with Crippen LogP contribution in [0.25, 0.3) is 10.8 Å². The van der Waals surface area contributed by atoms with Crippen LogP contribution in [0.3, 0.4) is 0 Å². The average molecular weight is 213 g/mol. The van der Waals surface area contributed by atoms with Crippen LogP contribution < -0.4 is 5.73 Å². The van der Waals surface area contributed by atoms with Gasteiger partial charge in [0.05, 0.1) is 11.5 Å². The Hall–Kier alpha value is -1.90. The van der Waals surface area contributed by atoms with Crippen molar-refractivity contribution in [1.82, 2.24) is 4.98 Å². The molecule has 3 nitrogen and oxygen atoms in total. The van der Waals surface area contributed by atoms with Gasteiger partial charge in [0.1, 0.15) is 0 Å². The highest BCUT2D eigenvalue weighted by Gasteiger charge is 1.99. The molecule has 0 saturated heterocycles. The summed E-state index contributed by atoms with van der Waals surface area (Å²) in [7, 11) is 0. The molecule has 2 aromatic rings. The Morgan fingerprint density at radius 2 is 2.25 bits per heavy atom. The Bertz CT molecular complexity index is 512. The molecule has 1 aromatic heterocycles. The number of rotatable bonds is 3. The van der Waals surface area contributed by atoms with Crippen LogP contribution in [-0.4, -0.2) is 10.8 Å². The molecule has 1 aromatic carbocycles. The predicted molar refractivity (Wildman–Crippen MR) is 67.9 cm³/mol. The van der Waals surface area contributed by atoms with Gasteiger partial charge in [-0.2, -0.15) is 0 Å². The Morgan fingerprint density at radius 1 is 1.38 bits per heavy atom. The second kappa shape index (κ2) is 4.75. The predicted octanol–water partition coefficient (Wildman–Crippen LogP) is 3.02. The molecule has 3 heteroatoms. The smallest absolute Gasteiger partial charge is 0.0996 e. The molecule has 0 amide bonds. The van der Waals surface area contributed by atoms with Crippen molar-refractivity contribution >= 4 is 22.3 Å². The zero-order valence-corrected chi connectivity index (χ0v) is 9.35. The van der Waals surface area contributed by atoms with Gasteiger partial charge in [-0.15, -0.1) is 0 Å². The molecule has 0 atom stereocenters. The van der Waals surface area contributed by atoms with E-state index < -0.39 is 0 Å².